The fourth-order valence-corrected chi connectivity index (χ4v) is 3.93. The molecule has 0 unspecified atom stereocenters. The van der Waals surface area contributed by atoms with Gasteiger partial charge in [-0.05, 0) is 42.0 Å². The van der Waals surface area contributed by atoms with Crippen molar-refractivity contribution in [3.63, 3.8) is 0 Å². The zero-order chi connectivity index (χ0) is 19.8. The summed E-state index contributed by atoms with van der Waals surface area (Å²) < 4.78 is 6.19. The third-order valence-corrected chi connectivity index (χ3v) is 5.25. The van der Waals surface area contributed by atoms with E-state index in [0.717, 1.165) is 22.6 Å². The first-order chi connectivity index (χ1) is 13.5. The molecule has 8 heteroatoms. The second-order valence-corrected chi connectivity index (χ2v) is 7.48. The van der Waals surface area contributed by atoms with Crippen LogP contribution in [-0.4, -0.2) is 16.0 Å². The summed E-state index contributed by atoms with van der Waals surface area (Å²) in [6, 6.07) is 12.6. The molecule has 140 valence electrons. The number of carbonyl (C=O) groups excluding carboxylic acids is 1. The van der Waals surface area contributed by atoms with Crippen molar-refractivity contribution in [3.05, 3.63) is 74.7 Å². The van der Waals surface area contributed by atoms with E-state index in [1.807, 2.05) is 38.1 Å². The molecule has 0 fully saturated rings. The van der Waals surface area contributed by atoms with Gasteiger partial charge in [0.05, 0.1) is 11.4 Å². The van der Waals surface area contributed by atoms with E-state index in [1.54, 1.807) is 24.3 Å². The number of allylic oxidation sites excluding steroid dienone is 1. The minimum absolute atomic E-state index is 0.144. The number of benzene rings is 1. The highest BCUT2D eigenvalue weighted by Gasteiger charge is 2.34. The first-order valence-corrected chi connectivity index (χ1v) is 9.35. The van der Waals surface area contributed by atoms with Crippen LogP contribution in [-0.2, 0) is 0 Å². The number of anilines is 1. The number of thiophene rings is 1. The summed E-state index contributed by atoms with van der Waals surface area (Å²) in [5, 5.41) is 3.16. The Morgan fingerprint density at radius 3 is 2.68 bits per heavy atom. The van der Waals surface area contributed by atoms with Crippen LogP contribution in [0.2, 0.25) is 0 Å². The SMILES string of the molecule is CC(C)=Cc1ccc2c(N)c(C(=O)c3c(=O)o[nH][n+]3-c3ccccc3)sc2n1. The van der Waals surface area contributed by atoms with E-state index in [-0.39, 0.29) is 10.6 Å². The Kier molecular flexibility index (Phi) is 4.40. The van der Waals surface area contributed by atoms with Gasteiger partial charge in [-0.1, -0.05) is 23.8 Å². The Morgan fingerprint density at radius 2 is 1.96 bits per heavy atom. The van der Waals surface area contributed by atoms with Crippen molar-refractivity contribution in [2.75, 3.05) is 5.73 Å². The van der Waals surface area contributed by atoms with Crippen LogP contribution in [0.4, 0.5) is 5.69 Å². The second kappa shape index (κ2) is 6.90. The molecule has 3 heterocycles. The van der Waals surface area contributed by atoms with Gasteiger partial charge >= 0.3 is 11.3 Å². The molecule has 0 atom stereocenters. The van der Waals surface area contributed by atoms with Gasteiger partial charge in [0.2, 0.25) is 5.69 Å². The first-order valence-electron chi connectivity index (χ1n) is 8.53. The lowest BCUT2D eigenvalue weighted by Gasteiger charge is -1.96. The lowest BCUT2D eigenvalue weighted by Crippen LogP contribution is -2.41. The molecule has 3 N–H and O–H groups in total. The summed E-state index contributed by atoms with van der Waals surface area (Å²) in [5.41, 5.74) is 8.12. The van der Waals surface area contributed by atoms with E-state index in [0.29, 0.717) is 21.6 Å². The van der Waals surface area contributed by atoms with E-state index in [9.17, 15) is 9.59 Å². The first kappa shape index (κ1) is 17.9. The highest BCUT2D eigenvalue weighted by molar-refractivity contribution is 7.21. The van der Waals surface area contributed by atoms with Gasteiger partial charge in [-0.15, -0.1) is 11.3 Å². The summed E-state index contributed by atoms with van der Waals surface area (Å²) in [7, 11) is 0. The zero-order valence-electron chi connectivity index (χ0n) is 15.2. The lowest BCUT2D eigenvalue weighted by molar-refractivity contribution is -0.672. The predicted octanol–water partition coefficient (Wildman–Crippen LogP) is 3.09. The largest absolute Gasteiger partial charge is 0.439 e. The van der Waals surface area contributed by atoms with E-state index in [1.165, 1.54) is 4.68 Å². The summed E-state index contributed by atoms with van der Waals surface area (Å²) in [6.45, 7) is 3.97. The topological polar surface area (TPSA) is 106 Å². The van der Waals surface area contributed by atoms with E-state index < -0.39 is 11.4 Å². The maximum absolute atomic E-state index is 13.2. The van der Waals surface area contributed by atoms with Crippen molar-refractivity contribution >= 4 is 39.1 Å². The van der Waals surface area contributed by atoms with Gasteiger partial charge in [-0.2, -0.15) is 0 Å². The van der Waals surface area contributed by atoms with Gasteiger partial charge in [0, 0.05) is 17.5 Å². The minimum atomic E-state index is -0.760. The average molecular weight is 393 g/mol. The molecule has 0 aliphatic heterocycles. The van der Waals surface area contributed by atoms with Gasteiger partial charge in [0.15, 0.2) is 0 Å². The second-order valence-electron chi connectivity index (χ2n) is 6.48. The molecule has 0 amide bonds. The molecule has 4 rings (SSSR count). The summed E-state index contributed by atoms with van der Waals surface area (Å²) >= 11 is 1.16. The van der Waals surface area contributed by atoms with Gasteiger partial charge in [-0.3, -0.25) is 9.32 Å². The number of nitrogen functional groups attached to an aromatic ring is 1. The van der Waals surface area contributed by atoms with Crippen LogP contribution in [0.1, 0.15) is 34.9 Å². The van der Waals surface area contributed by atoms with Crippen molar-refractivity contribution in [1.82, 2.24) is 10.3 Å². The number of carbonyl (C=O) groups is 1. The minimum Gasteiger partial charge on any atom is -0.397 e. The summed E-state index contributed by atoms with van der Waals surface area (Å²) in [6.07, 6.45) is 1.95. The van der Waals surface area contributed by atoms with Crippen LogP contribution in [0.15, 0.2) is 57.4 Å². The molecule has 3 aromatic heterocycles. The number of nitrogens with two attached hydrogens (primary N) is 1. The number of H-pyrrole nitrogens is 1. The van der Waals surface area contributed by atoms with Crippen LogP contribution in [0.3, 0.4) is 0 Å². The van der Waals surface area contributed by atoms with E-state index in [2.05, 4.69) is 10.3 Å². The van der Waals surface area contributed by atoms with Crippen molar-refractivity contribution in [1.29, 1.82) is 0 Å². The number of pyridine rings is 1. The van der Waals surface area contributed by atoms with E-state index in [4.69, 9.17) is 10.3 Å². The third-order valence-electron chi connectivity index (χ3n) is 4.13. The van der Waals surface area contributed by atoms with Crippen molar-refractivity contribution in [2.24, 2.45) is 0 Å². The lowest BCUT2D eigenvalue weighted by atomic mass is 10.1. The molecule has 4 aromatic rings. The number of aromatic nitrogens is 3. The Hall–Kier alpha value is -3.52. The molecular weight excluding hydrogens is 376 g/mol. The Labute approximate surface area is 163 Å². The highest BCUT2D eigenvalue weighted by atomic mass is 32.1. The third kappa shape index (κ3) is 3.03. The number of hydrogen-bond acceptors (Lipinski definition) is 6. The molecular formula is C20H17N4O3S+. The van der Waals surface area contributed by atoms with Crippen LogP contribution < -0.4 is 16.0 Å². The molecule has 0 aliphatic carbocycles. The molecule has 28 heavy (non-hydrogen) atoms. The maximum atomic E-state index is 13.2. The smallest absolute Gasteiger partial charge is 0.397 e. The molecule has 7 nitrogen and oxygen atoms in total. The molecule has 0 aliphatic rings. The van der Waals surface area contributed by atoms with E-state index >= 15 is 0 Å². The number of nitrogens with zero attached hydrogens (tertiary/aromatic N) is 2. The number of para-hydroxylation sites is 1. The standard InChI is InChI=1S/C20H16N4O3S/c1-11(2)10-12-8-9-14-15(21)18(28-19(14)22-12)17(25)16-20(26)27-23-24(16)13-6-4-3-5-7-13/h3-10H,1-2H3,(H2-,21,23,25,26)/p+1. The molecule has 1 aromatic carbocycles. The monoisotopic (exact) mass is 393 g/mol. The quantitative estimate of drug-likeness (QED) is 0.409. The van der Waals surface area contributed by atoms with Gasteiger partial charge in [0.25, 0.3) is 5.78 Å². The van der Waals surface area contributed by atoms with Crippen LogP contribution in [0.5, 0.6) is 0 Å². The van der Waals surface area contributed by atoms with Gasteiger partial charge in [-0.25, -0.2) is 9.78 Å². The van der Waals surface area contributed by atoms with Gasteiger partial charge < -0.3 is 5.73 Å². The number of hydrogen-bond donors (Lipinski definition) is 2. The number of nitrogens with one attached hydrogen (secondary N) is 1. The van der Waals surface area contributed by atoms with Gasteiger partial charge in [0.1, 0.15) is 9.71 Å². The van der Waals surface area contributed by atoms with Crippen molar-refractivity contribution in [2.45, 2.75) is 13.8 Å². The summed E-state index contributed by atoms with van der Waals surface area (Å²) in [5.74, 6) is -0.511. The highest BCUT2D eigenvalue weighted by Crippen LogP contribution is 2.33. The molecule has 0 spiro atoms. The Balaban J connectivity index is 1.85. The Morgan fingerprint density at radius 1 is 1.21 bits per heavy atom. The fraction of sp³-hybridized carbons (Fsp3) is 0.100. The molecule has 0 radical (unpaired) electrons. The van der Waals surface area contributed by atoms with Crippen molar-refractivity contribution < 1.29 is 14.0 Å². The number of rotatable bonds is 4. The number of fused-ring (bicyclic) bond motifs is 1. The molecule has 0 saturated heterocycles. The summed E-state index contributed by atoms with van der Waals surface area (Å²) in [4.78, 5) is 30.9. The maximum Gasteiger partial charge on any atom is 0.439 e. The molecule has 0 saturated carbocycles. The Bertz CT molecular complexity index is 1280. The number of ketones is 1. The zero-order valence-corrected chi connectivity index (χ0v) is 16.0. The number of aromatic amines is 1. The fourth-order valence-electron chi connectivity index (χ4n) is 2.89. The average Bonchev–Trinajstić information content (AvgIpc) is 3.21. The van der Waals surface area contributed by atoms with Crippen LogP contribution >= 0.6 is 11.3 Å². The van der Waals surface area contributed by atoms with Crippen LogP contribution in [0, 0.1) is 0 Å². The predicted molar refractivity (Wildman–Crippen MR) is 108 cm³/mol. The van der Waals surface area contributed by atoms with Crippen molar-refractivity contribution in [3.8, 4) is 5.69 Å². The molecule has 0 bridgehead atoms. The van der Waals surface area contributed by atoms with Crippen LogP contribution in [0.25, 0.3) is 22.0 Å². The normalized spacial score (nSPS) is 10.9.